The van der Waals surface area contributed by atoms with Crippen LogP contribution in [0.1, 0.15) is 38.8 Å². The van der Waals surface area contributed by atoms with Crippen LogP contribution < -0.4 is 5.01 Å². The topological polar surface area (TPSA) is 75.8 Å². The number of carbonyl (C=O) groups excluding carboxylic acids is 1. The lowest BCUT2D eigenvalue weighted by atomic mass is 9.86. The van der Waals surface area contributed by atoms with Gasteiger partial charge in [0, 0.05) is 11.1 Å². The Morgan fingerprint density at radius 2 is 1.79 bits per heavy atom. The largest absolute Gasteiger partial charge is 0.295 e. The number of rotatable bonds is 3. The number of anilines is 1. The molecule has 0 fully saturated rings. The Bertz CT molecular complexity index is 1020. The predicted octanol–water partition coefficient (Wildman–Crippen LogP) is 5.35. The van der Waals surface area contributed by atoms with Crippen molar-refractivity contribution >= 4 is 40.7 Å². The quantitative estimate of drug-likeness (QED) is 0.398. The molecule has 144 valence electrons. The number of hydrazone groups is 1. The molecule has 1 aliphatic heterocycles. The second-order valence-corrected chi connectivity index (χ2v) is 8.06. The molecule has 2 aromatic rings. The molecule has 0 aliphatic carbocycles. The zero-order valence-electron chi connectivity index (χ0n) is 16.1. The van der Waals surface area contributed by atoms with E-state index in [2.05, 4.69) is 25.9 Å². The molecule has 0 bridgehead atoms. The molecule has 3 rings (SSSR count). The molecule has 1 heterocycles. The third-order valence-electron chi connectivity index (χ3n) is 4.51. The van der Waals surface area contributed by atoms with Crippen LogP contribution in [-0.2, 0) is 10.2 Å². The van der Waals surface area contributed by atoms with Gasteiger partial charge in [-0.3, -0.25) is 14.9 Å². The third-order valence-corrected chi connectivity index (χ3v) is 4.75. The molecule has 0 spiro atoms. The molecule has 0 saturated carbocycles. The van der Waals surface area contributed by atoms with Gasteiger partial charge in [0.15, 0.2) is 0 Å². The summed E-state index contributed by atoms with van der Waals surface area (Å²) in [6.45, 7) is 8.10. The highest BCUT2D eigenvalue weighted by Gasteiger charge is 2.33. The molecule has 0 N–H and O–H groups in total. The van der Waals surface area contributed by atoms with Crippen LogP contribution in [0.15, 0.2) is 53.1 Å². The average Bonchev–Trinajstić information content (AvgIpc) is 2.89. The lowest BCUT2D eigenvalue weighted by Gasteiger charge is -2.18. The maximum absolute atomic E-state index is 12.9. The molecular weight excluding hydrogens is 378 g/mol. The fraction of sp³-hybridized carbons (Fsp3) is 0.238. The lowest BCUT2D eigenvalue weighted by molar-refractivity contribution is -0.384. The maximum atomic E-state index is 12.9. The molecule has 1 aliphatic rings. The van der Waals surface area contributed by atoms with E-state index < -0.39 is 10.8 Å². The minimum atomic E-state index is -0.559. The number of nitro groups is 1. The van der Waals surface area contributed by atoms with Crippen molar-refractivity contribution in [1.29, 1.82) is 0 Å². The molecule has 2 aromatic carbocycles. The molecule has 7 heteroatoms. The Kier molecular flexibility index (Phi) is 5.08. The van der Waals surface area contributed by atoms with E-state index in [1.807, 2.05) is 24.3 Å². The minimum Gasteiger partial charge on any atom is -0.267 e. The van der Waals surface area contributed by atoms with Crippen LogP contribution in [0.2, 0.25) is 5.02 Å². The van der Waals surface area contributed by atoms with Crippen LogP contribution in [0.5, 0.6) is 0 Å². The first-order chi connectivity index (χ1) is 13.1. The first kappa shape index (κ1) is 19.8. The van der Waals surface area contributed by atoms with Gasteiger partial charge >= 0.3 is 0 Å². The van der Waals surface area contributed by atoms with Crippen molar-refractivity contribution in [3.05, 3.63) is 74.3 Å². The van der Waals surface area contributed by atoms with Gasteiger partial charge in [-0.05, 0) is 41.7 Å². The van der Waals surface area contributed by atoms with Gasteiger partial charge in [-0.2, -0.15) is 10.1 Å². The van der Waals surface area contributed by atoms with Crippen molar-refractivity contribution in [2.24, 2.45) is 5.10 Å². The number of hydrogen-bond donors (Lipinski definition) is 0. The molecule has 0 atom stereocenters. The van der Waals surface area contributed by atoms with E-state index in [1.165, 1.54) is 23.8 Å². The van der Waals surface area contributed by atoms with Crippen molar-refractivity contribution in [2.75, 3.05) is 5.01 Å². The van der Waals surface area contributed by atoms with Gasteiger partial charge in [-0.1, -0.05) is 56.6 Å². The van der Waals surface area contributed by atoms with E-state index in [0.717, 1.165) is 10.6 Å². The zero-order chi connectivity index (χ0) is 20.6. The van der Waals surface area contributed by atoms with Gasteiger partial charge in [0.05, 0.1) is 16.2 Å². The highest BCUT2D eigenvalue weighted by Crippen LogP contribution is 2.35. The van der Waals surface area contributed by atoms with Crippen molar-refractivity contribution in [1.82, 2.24) is 0 Å². The zero-order valence-corrected chi connectivity index (χ0v) is 16.8. The summed E-state index contributed by atoms with van der Waals surface area (Å²) in [6.07, 6.45) is 1.74. The smallest absolute Gasteiger partial charge is 0.267 e. The normalized spacial score (nSPS) is 15.9. The second kappa shape index (κ2) is 7.20. The van der Waals surface area contributed by atoms with Crippen LogP contribution in [0.4, 0.5) is 11.4 Å². The molecular formula is C21H20ClN3O3. The molecule has 28 heavy (non-hydrogen) atoms. The van der Waals surface area contributed by atoms with E-state index in [0.29, 0.717) is 11.3 Å². The van der Waals surface area contributed by atoms with Gasteiger partial charge in [-0.15, -0.1) is 0 Å². The van der Waals surface area contributed by atoms with Gasteiger partial charge in [-0.25, -0.2) is 0 Å². The van der Waals surface area contributed by atoms with Crippen LogP contribution in [0.25, 0.3) is 6.08 Å². The number of hydrogen-bond acceptors (Lipinski definition) is 4. The summed E-state index contributed by atoms with van der Waals surface area (Å²) in [5.74, 6) is -0.428. The summed E-state index contributed by atoms with van der Waals surface area (Å²) in [4.78, 5) is 23.7. The van der Waals surface area contributed by atoms with Gasteiger partial charge < -0.3 is 0 Å². The first-order valence-electron chi connectivity index (χ1n) is 8.74. The van der Waals surface area contributed by atoms with Crippen molar-refractivity contribution in [2.45, 2.75) is 33.1 Å². The Balaban J connectivity index is 1.97. The van der Waals surface area contributed by atoms with E-state index in [4.69, 9.17) is 11.6 Å². The third kappa shape index (κ3) is 3.82. The van der Waals surface area contributed by atoms with Crippen LogP contribution >= 0.6 is 11.6 Å². The Morgan fingerprint density at radius 1 is 1.14 bits per heavy atom. The van der Waals surface area contributed by atoms with Crippen molar-refractivity contribution < 1.29 is 9.72 Å². The highest BCUT2D eigenvalue weighted by atomic mass is 35.5. The number of halogens is 1. The number of carbonyl (C=O) groups is 1. The van der Waals surface area contributed by atoms with Gasteiger partial charge in [0.2, 0.25) is 0 Å². The van der Waals surface area contributed by atoms with Crippen LogP contribution in [0, 0.1) is 10.1 Å². The standard InChI is InChI=1S/C21H20ClN3O3/c1-13-17(11-14-5-7-15(8-6-14)21(2,3)4)20(26)24(23-13)19-12-16(22)9-10-18(19)25(27)28/h5-12H,1-4H3/b17-11-. The molecule has 0 radical (unpaired) electrons. The molecule has 6 nitrogen and oxygen atoms in total. The number of amides is 1. The predicted molar refractivity (Wildman–Crippen MR) is 112 cm³/mol. The fourth-order valence-corrected chi connectivity index (χ4v) is 3.08. The summed E-state index contributed by atoms with van der Waals surface area (Å²) in [6, 6.07) is 12.0. The van der Waals surface area contributed by atoms with Gasteiger partial charge in [0.25, 0.3) is 11.6 Å². The molecule has 0 aromatic heterocycles. The van der Waals surface area contributed by atoms with Crippen LogP contribution in [-0.4, -0.2) is 16.5 Å². The van der Waals surface area contributed by atoms with Gasteiger partial charge in [0.1, 0.15) is 5.69 Å². The van der Waals surface area contributed by atoms with Crippen molar-refractivity contribution in [3.8, 4) is 0 Å². The summed E-state index contributed by atoms with van der Waals surface area (Å²) in [5, 5.41) is 16.9. The average molecular weight is 398 g/mol. The summed E-state index contributed by atoms with van der Waals surface area (Å²) in [7, 11) is 0. The monoisotopic (exact) mass is 397 g/mol. The molecule has 1 amide bonds. The number of benzene rings is 2. The second-order valence-electron chi connectivity index (χ2n) is 7.62. The van der Waals surface area contributed by atoms with Crippen LogP contribution in [0.3, 0.4) is 0 Å². The van der Waals surface area contributed by atoms with E-state index in [1.54, 1.807) is 13.0 Å². The number of nitrogens with zero attached hydrogens (tertiary/aromatic N) is 3. The Hall–Kier alpha value is -2.99. The Morgan fingerprint density at radius 3 is 2.36 bits per heavy atom. The number of nitro benzene ring substituents is 1. The summed E-state index contributed by atoms with van der Waals surface area (Å²) < 4.78 is 0. The first-order valence-corrected chi connectivity index (χ1v) is 9.12. The summed E-state index contributed by atoms with van der Waals surface area (Å²) in [5.41, 5.74) is 2.77. The van der Waals surface area contributed by atoms with E-state index in [-0.39, 0.29) is 21.8 Å². The lowest BCUT2D eigenvalue weighted by Crippen LogP contribution is -2.22. The van der Waals surface area contributed by atoms with Crippen molar-refractivity contribution in [3.63, 3.8) is 0 Å². The molecule has 0 unspecified atom stereocenters. The minimum absolute atomic E-state index is 0.0362. The highest BCUT2D eigenvalue weighted by molar-refractivity contribution is 6.33. The van der Waals surface area contributed by atoms with E-state index in [9.17, 15) is 14.9 Å². The Labute approximate surface area is 168 Å². The summed E-state index contributed by atoms with van der Waals surface area (Å²) >= 11 is 5.98. The maximum Gasteiger partial charge on any atom is 0.295 e. The molecule has 0 saturated heterocycles. The van der Waals surface area contributed by atoms with E-state index >= 15 is 0 Å². The SMILES string of the molecule is CC1=NN(c2cc(Cl)ccc2[N+](=O)[O-])C(=O)/C1=C\c1ccc(C(C)(C)C)cc1. The fourth-order valence-electron chi connectivity index (χ4n) is 2.91.